The van der Waals surface area contributed by atoms with Gasteiger partial charge in [-0.05, 0) is 23.8 Å². The maximum atomic E-state index is 5.42. The molecular weight excluding hydrogens is 330 g/mol. The summed E-state index contributed by atoms with van der Waals surface area (Å²) in [5, 5.41) is 3.37. The Labute approximate surface area is 155 Å². The van der Waals surface area contributed by atoms with E-state index in [9.17, 15) is 0 Å². The number of rotatable bonds is 7. The fraction of sp³-hybridized carbons (Fsp3) is 0.350. The number of benzene rings is 2. The van der Waals surface area contributed by atoms with Crippen molar-refractivity contribution in [1.82, 2.24) is 10.2 Å². The zero-order valence-electron chi connectivity index (χ0n) is 16.1. The number of hydrogen-bond acceptors (Lipinski definition) is 4. The van der Waals surface area contributed by atoms with Gasteiger partial charge in [-0.1, -0.05) is 24.3 Å². The molecule has 2 aromatic carbocycles. The molecule has 140 valence electrons. The van der Waals surface area contributed by atoms with Crippen molar-refractivity contribution < 1.29 is 14.2 Å². The number of guanidine groups is 1. The van der Waals surface area contributed by atoms with Gasteiger partial charge in [-0.2, -0.15) is 0 Å². The van der Waals surface area contributed by atoms with E-state index in [-0.39, 0.29) is 0 Å². The zero-order valence-corrected chi connectivity index (χ0v) is 16.1. The summed E-state index contributed by atoms with van der Waals surface area (Å²) in [7, 11) is 8.72. The quantitative estimate of drug-likeness (QED) is 0.610. The van der Waals surface area contributed by atoms with E-state index < -0.39 is 0 Å². The van der Waals surface area contributed by atoms with Gasteiger partial charge in [0.25, 0.3) is 0 Å². The lowest BCUT2D eigenvalue weighted by atomic mass is 10.2. The molecule has 0 spiro atoms. The second-order valence-corrected chi connectivity index (χ2v) is 5.76. The summed E-state index contributed by atoms with van der Waals surface area (Å²) in [6.45, 7) is 1.32. The van der Waals surface area contributed by atoms with Gasteiger partial charge >= 0.3 is 0 Å². The van der Waals surface area contributed by atoms with Crippen LogP contribution in [0, 0.1) is 0 Å². The predicted octanol–water partition coefficient (Wildman–Crippen LogP) is 2.92. The van der Waals surface area contributed by atoms with Crippen molar-refractivity contribution in [2.75, 3.05) is 35.4 Å². The molecule has 6 nitrogen and oxygen atoms in total. The van der Waals surface area contributed by atoms with E-state index in [2.05, 4.69) is 21.3 Å². The van der Waals surface area contributed by atoms with Crippen LogP contribution in [0.1, 0.15) is 11.1 Å². The third-order valence-corrected chi connectivity index (χ3v) is 4.07. The third-order valence-electron chi connectivity index (χ3n) is 4.07. The van der Waals surface area contributed by atoms with Gasteiger partial charge in [0.1, 0.15) is 5.75 Å². The molecule has 0 atom stereocenters. The fourth-order valence-corrected chi connectivity index (χ4v) is 2.72. The van der Waals surface area contributed by atoms with E-state index in [0.29, 0.717) is 24.6 Å². The van der Waals surface area contributed by atoms with E-state index in [4.69, 9.17) is 14.2 Å². The highest BCUT2D eigenvalue weighted by Gasteiger charge is 2.10. The Balaban J connectivity index is 2.03. The first-order chi connectivity index (χ1) is 12.6. The summed E-state index contributed by atoms with van der Waals surface area (Å²) in [5.74, 6) is 3.10. The minimum absolute atomic E-state index is 0.628. The van der Waals surface area contributed by atoms with Crippen LogP contribution in [0.15, 0.2) is 47.5 Å². The SMILES string of the molecule is CN=C(NCc1ccc(OC)c(OC)c1)N(C)Cc1ccccc1OC. The molecule has 0 heterocycles. The maximum Gasteiger partial charge on any atom is 0.193 e. The van der Waals surface area contributed by atoms with Crippen molar-refractivity contribution in [1.29, 1.82) is 0 Å². The molecule has 0 amide bonds. The molecule has 0 aromatic heterocycles. The lowest BCUT2D eigenvalue weighted by molar-refractivity contribution is 0.354. The molecule has 0 aliphatic heterocycles. The highest BCUT2D eigenvalue weighted by atomic mass is 16.5. The number of nitrogens with zero attached hydrogens (tertiary/aromatic N) is 2. The number of ether oxygens (including phenoxy) is 3. The van der Waals surface area contributed by atoms with Crippen molar-refractivity contribution >= 4 is 5.96 Å². The van der Waals surface area contributed by atoms with Crippen molar-refractivity contribution in [3.05, 3.63) is 53.6 Å². The average molecular weight is 357 g/mol. The Morgan fingerprint density at radius 1 is 0.962 bits per heavy atom. The number of methoxy groups -OCH3 is 3. The summed E-state index contributed by atoms with van der Waals surface area (Å²) in [6, 6.07) is 13.8. The van der Waals surface area contributed by atoms with E-state index in [0.717, 1.165) is 22.8 Å². The molecule has 0 saturated heterocycles. The molecule has 0 radical (unpaired) electrons. The molecule has 2 aromatic rings. The monoisotopic (exact) mass is 357 g/mol. The Bertz CT molecular complexity index is 747. The summed E-state index contributed by atoms with van der Waals surface area (Å²) in [6.07, 6.45) is 0. The molecule has 0 fully saturated rings. The smallest absolute Gasteiger partial charge is 0.193 e. The molecule has 6 heteroatoms. The molecule has 0 unspecified atom stereocenters. The standard InChI is InChI=1S/C20H27N3O3/c1-21-20(23(2)14-16-8-6-7-9-17(16)24-3)22-13-15-10-11-18(25-4)19(12-15)26-5/h6-12H,13-14H2,1-5H3,(H,21,22). The molecule has 0 aliphatic carbocycles. The van der Waals surface area contributed by atoms with E-state index in [1.807, 2.05) is 43.4 Å². The van der Waals surface area contributed by atoms with Crippen molar-refractivity contribution in [3.63, 3.8) is 0 Å². The van der Waals surface area contributed by atoms with Crippen LogP contribution in [0.5, 0.6) is 17.2 Å². The second kappa shape index (κ2) is 9.56. The van der Waals surface area contributed by atoms with Crippen LogP contribution in [0.3, 0.4) is 0 Å². The fourth-order valence-electron chi connectivity index (χ4n) is 2.72. The molecule has 2 rings (SSSR count). The Kier molecular flexibility index (Phi) is 7.14. The van der Waals surface area contributed by atoms with Crippen LogP contribution >= 0.6 is 0 Å². The minimum Gasteiger partial charge on any atom is -0.496 e. The number of para-hydroxylation sites is 1. The zero-order chi connectivity index (χ0) is 18.9. The maximum absolute atomic E-state index is 5.42. The molecule has 1 N–H and O–H groups in total. The van der Waals surface area contributed by atoms with Gasteiger partial charge in [0.2, 0.25) is 0 Å². The topological polar surface area (TPSA) is 55.3 Å². The Morgan fingerprint density at radius 2 is 1.65 bits per heavy atom. The molecular formula is C20H27N3O3. The predicted molar refractivity (Wildman–Crippen MR) is 104 cm³/mol. The molecule has 0 saturated carbocycles. The van der Waals surface area contributed by atoms with Crippen molar-refractivity contribution in [2.45, 2.75) is 13.1 Å². The Hall–Kier alpha value is -2.89. The van der Waals surface area contributed by atoms with Crippen LogP contribution in [0.4, 0.5) is 0 Å². The summed E-state index contributed by atoms with van der Waals surface area (Å²) in [4.78, 5) is 6.42. The third kappa shape index (κ3) is 4.81. The first-order valence-electron chi connectivity index (χ1n) is 8.37. The van der Waals surface area contributed by atoms with Gasteiger partial charge in [-0.3, -0.25) is 4.99 Å². The first-order valence-corrected chi connectivity index (χ1v) is 8.37. The normalized spacial score (nSPS) is 11.0. The van der Waals surface area contributed by atoms with Crippen molar-refractivity contribution in [2.24, 2.45) is 4.99 Å². The first kappa shape index (κ1) is 19.4. The molecule has 0 aliphatic rings. The van der Waals surface area contributed by atoms with Gasteiger partial charge < -0.3 is 24.4 Å². The highest BCUT2D eigenvalue weighted by Crippen LogP contribution is 2.27. The number of nitrogens with one attached hydrogen (secondary N) is 1. The van der Waals surface area contributed by atoms with Gasteiger partial charge in [0, 0.05) is 32.7 Å². The van der Waals surface area contributed by atoms with E-state index in [1.54, 1.807) is 28.4 Å². The number of hydrogen-bond donors (Lipinski definition) is 1. The van der Waals surface area contributed by atoms with Crippen molar-refractivity contribution in [3.8, 4) is 17.2 Å². The Morgan fingerprint density at radius 3 is 2.31 bits per heavy atom. The molecule has 26 heavy (non-hydrogen) atoms. The van der Waals surface area contributed by atoms with E-state index >= 15 is 0 Å². The van der Waals surface area contributed by atoms with Gasteiger partial charge in [0.15, 0.2) is 17.5 Å². The summed E-state index contributed by atoms with van der Waals surface area (Å²) < 4.78 is 16.1. The minimum atomic E-state index is 0.628. The van der Waals surface area contributed by atoms with E-state index in [1.165, 1.54) is 0 Å². The largest absolute Gasteiger partial charge is 0.496 e. The molecule has 0 bridgehead atoms. The second-order valence-electron chi connectivity index (χ2n) is 5.76. The average Bonchev–Trinajstić information content (AvgIpc) is 2.68. The van der Waals surface area contributed by atoms with Crippen LogP contribution in [0.2, 0.25) is 0 Å². The van der Waals surface area contributed by atoms with Crippen LogP contribution in [0.25, 0.3) is 0 Å². The lowest BCUT2D eigenvalue weighted by Gasteiger charge is -2.23. The highest BCUT2D eigenvalue weighted by molar-refractivity contribution is 5.79. The van der Waals surface area contributed by atoms with Crippen LogP contribution in [-0.4, -0.2) is 46.3 Å². The summed E-state index contributed by atoms with van der Waals surface area (Å²) >= 11 is 0. The lowest BCUT2D eigenvalue weighted by Crippen LogP contribution is -2.38. The van der Waals surface area contributed by atoms with Gasteiger partial charge in [-0.15, -0.1) is 0 Å². The van der Waals surface area contributed by atoms with Crippen LogP contribution < -0.4 is 19.5 Å². The van der Waals surface area contributed by atoms with Crippen LogP contribution in [-0.2, 0) is 13.1 Å². The summed E-state index contributed by atoms with van der Waals surface area (Å²) in [5.41, 5.74) is 2.18. The van der Waals surface area contributed by atoms with Gasteiger partial charge in [-0.25, -0.2) is 0 Å². The number of aliphatic imine (C=N–C) groups is 1. The van der Waals surface area contributed by atoms with Gasteiger partial charge in [0.05, 0.1) is 21.3 Å².